The molecule has 1 aliphatic carbocycles. The summed E-state index contributed by atoms with van der Waals surface area (Å²) in [6.45, 7) is 8.28. The van der Waals surface area contributed by atoms with E-state index in [-0.39, 0.29) is 11.8 Å². The molecule has 3 rings (SSSR count). The fraction of sp³-hybridized carbons (Fsp3) is 0.667. The molecule has 24 heavy (non-hydrogen) atoms. The zero-order valence-electron chi connectivity index (χ0n) is 15.3. The molecule has 1 aromatic rings. The number of rotatable bonds is 4. The molecule has 1 amide bonds. The van der Waals surface area contributed by atoms with Gasteiger partial charge in [-0.2, -0.15) is 0 Å². The lowest BCUT2D eigenvalue weighted by atomic mass is 9.69. The van der Waals surface area contributed by atoms with Crippen LogP contribution in [-0.4, -0.2) is 19.1 Å². The van der Waals surface area contributed by atoms with Gasteiger partial charge in [0, 0.05) is 18.4 Å². The first-order chi connectivity index (χ1) is 11.6. The number of carbonyl (C=O) groups excluding carboxylic acids is 1. The lowest BCUT2D eigenvalue weighted by molar-refractivity contribution is -0.129. The fourth-order valence-corrected chi connectivity index (χ4v) is 4.49. The summed E-state index contributed by atoms with van der Waals surface area (Å²) in [5, 5.41) is 3.27. The number of fused-ring (bicyclic) bond motifs is 1. The smallest absolute Gasteiger partial charge is 0.223 e. The molecule has 1 fully saturated rings. The van der Waals surface area contributed by atoms with Crippen molar-refractivity contribution in [2.45, 2.75) is 52.4 Å². The number of hydrogen-bond donors (Lipinski definition) is 1. The van der Waals surface area contributed by atoms with Gasteiger partial charge in [0.05, 0.1) is 6.61 Å². The summed E-state index contributed by atoms with van der Waals surface area (Å²) in [5.41, 5.74) is 1.24. The van der Waals surface area contributed by atoms with Crippen LogP contribution in [0.4, 0.5) is 0 Å². The van der Waals surface area contributed by atoms with Crippen LogP contribution in [0, 0.1) is 23.7 Å². The summed E-state index contributed by atoms with van der Waals surface area (Å²) in [7, 11) is 0. The normalized spacial score (nSPS) is 29.7. The van der Waals surface area contributed by atoms with Gasteiger partial charge >= 0.3 is 0 Å². The molecule has 3 heteroatoms. The average molecular weight is 329 g/mol. The van der Waals surface area contributed by atoms with Crippen molar-refractivity contribution in [2.24, 2.45) is 23.7 Å². The Morgan fingerprint density at radius 2 is 2.04 bits per heavy atom. The standard InChI is InChI=1S/C21H31NO2/c1-14(2)17-9-8-15(3)12-19(17)21(23)22-13-16-10-11-24-20-7-5-4-6-18(16)20/h4-7,14-17,19H,8-13H2,1-3H3,(H,22,23)/t15?,16?,17-,19+/m0/s1. The average Bonchev–Trinajstić information content (AvgIpc) is 2.59. The number of para-hydroxylation sites is 1. The van der Waals surface area contributed by atoms with Crippen LogP contribution < -0.4 is 10.1 Å². The molecule has 4 atom stereocenters. The summed E-state index contributed by atoms with van der Waals surface area (Å²) in [5.74, 6) is 3.58. The van der Waals surface area contributed by atoms with Crippen molar-refractivity contribution in [3.8, 4) is 5.75 Å². The van der Waals surface area contributed by atoms with E-state index in [1.165, 1.54) is 18.4 Å². The first-order valence-electron chi connectivity index (χ1n) is 9.55. The van der Waals surface area contributed by atoms with Gasteiger partial charge in [-0.1, -0.05) is 45.4 Å². The molecule has 1 aromatic carbocycles. The molecule has 2 aliphatic rings. The third-order valence-corrected chi connectivity index (χ3v) is 5.96. The second-order valence-corrected chi connectivity index (χ2v) is 8.05. The number of benzene rings is 1. The lowest BCUT2D eigenvalue weighted by Crippen LogP contribution is -2.41. The van der Waals surface area contributed by atoms with E-state index in [1.54, 1.807) is 0 Å². The highest BCUT2D eigenvalue weighted by molar-refractivity contribution is 5.79. The van der Waals surface area contributed by atoms with Crippen LogP contribution in [0.15, 0.2) is 24.3 Å². The second kappa shape index (κ2) is 7.58. The first kappa shape index (κ1) is 17.3. The summed E-state index contributed by atoms with van der Waals surface area (Å²) < 4.78 is 5.73. The molecule has 0 saturated heterocycles. The Bertz CT molecular complexity index is 569. The van der Waals surface area contributed by atoms with Crippen LogP contribution >= 0.6 is 0 Å². The van der Waals surface area contributed by atoms with Gasteiger partial charge < -0.3 is 10.1 Å². The molecule has 2 unspecified atom stereocenters. The van der Waals surface area contributed by atoms with Crippen LogP contribution in [0.5, 0.6) is 5.75 Å². The van der Waals surface area contributed by atoms with Crippen LogP contribution in [0.25, 0.3) is 0 Å². The highest BCUT2D eigenvalue weighted by atomic mass is 16.5. The molecule has 1 heterocycles. The minimum absolute atomic E-state index is 0.184. The largest absolute Gasteiger partial charge is 0.493 e. The summed E-state index contributed by atoms with van der Waals surface area (Å²) >= 11 is 0. The molecule has 1 saturated carbocycles. The van der Waals surface area contributed by atoms with Crippen molar-refractivity contribution < 1.29 is 9.53 Å². The zero-order valence-corrected chi connectivity index (χ0v) is 15.3. The van der Waals surface area contributed by atoms with Gasteiger partial charge in [-0.15, -0.1) is 0 Å². The Morgan fingerprint density at radius 1 is 1.25 bits per heavy atom. The van der Waals surface area contributed by atoms with Crippen molar-refractivity contribution in [1.82, 2.24) is 5.32 Å². The van der Waals surface area contributed by atoms with E-state index in [0.29, 0.717) is 23.7 Å². The number of hydrogen-bond acceptors (Lipinski definition) is 2. The van der Waals surface area contributed by atoms with E-state index >= 15 is 0 Å². The van der Waals surface area contributed by atoms with Crippen molar-refractivity contribution in [1.29, 1.82) is 0 Å². The van der Waals surface area contributed by atoms with E-state index in [0.717, 1.165) is 31.7 Å². The SMILES string of the molecule is CC1CC[C@@H](C(C)C)[C@H](C(=O)NCC2CCOc3ccccc32)C1. The zero-order chi connectivity index (χ0) is 17.1. The molecule has 132 valence electrons. The Hall–Kier alpha value is -1.51. The number of carbonyl (C=O) groups is 1. The Labute approximate surface area is 146 Å². The molecule has 0 bridgehead atoms. The van der Waals surface area contributed by atoms with Crippen molar-refractivity contribution in [3.63, 3.8) is 0 Å². The Balaban J connectivity index is 1.63. The molecule has 1 aliphatic heterocycles. The Morgan fingerprint density at radius 3 is 2.83 bits per heavy atom. The highest BCUT2D eigenvalue weighted by Gasteiger charge is 2.35. The third kappa shape index (κ3) is 3.76. The second-order valence-electron chi connectivity index (χ2n) is 8.05. The van der Waals surface area contributed by atoms with E-state index in [1.807, 2.05) is 12.1 Å². The predicted molar refractivity (Wildman–Crippen MR) is 97.1 cm³/mol. The minimum atomic E-state index is 0.184. The van der Waals surface area contributed by atoms with Gasteiger partial charge in [0.2, 0.25) is 5.91 Å². The quantitative estimate of drug-likeness (QED) is 0.890. The predicted octanol–water partition coefficient (Wildman–Crippen LogP) is 4.38. The monoisotopic (exact) mass is 329 g/mol. The minimum Gasteiger partial charge on any atom is -0.493 e. The Kier molecular flexibility index (Phi) is 5.47. The first-order valence-corrected chi connectivity index (χ1v) is 9.55. The van der Waals surface area contributed by atoms with Gasteiger partial charge in [-0.05, 0) is 48.6 Å². The lowest BCUT2D eigenvalue weighted by Gasteiger charge is -2.36. The summed E-state index contributed by atoms with van der Waals surface area (Å²) in [6.07, 6.45) is 4.47. The van der Waals surface area contributed by atoms with Crippen LogP contribution in [0.3, 0.4) is 0 Å². The molecule has 0 spiro atoms. The maximum atomic E-state index is 12.9. The molecular formula is C21H31NO2. The van der Waals surface area contributed by atoms with E-state index in [2.05, 4.69) is 38.2 Å². The van der Waals surface area contributed by atoms with E-state index in [4.69, 9.17) is 4.74 Å². The molecule has 0 radical (unpaired) electrons. The van der Waals surface area contributed by atoms with E-state index < -0.39 is 0 Å². The summed E-state index contributed by atoms with van der Waals surface area (Å²) in [6, 6.07) is 8.22. The maximum absolute atomic E-state index is 12.9. The van der Waals surface area contributed by atoms with E-state index in [9.17, 15) is 4.79 Å². The number of ether oxygens (including phenoxy) is 1. The summed E-state index contributed by atoms with van der Waals surface area (Å²) in [4.78, 5) is 12.9. The number of amides is 1. The van der Waals surface area contributed by atoms with Crippen molar-refractivity contribution in [3.05, 3.63) is 29.8 Å². The van der Waals surface area contributed by atoms with Gasteiger partial charge in [0.1, 0.15) is 5.75 Å². The molecule has 1 N–H and O–H groups in total. The highest BCUT2D eigenvalue weighted by Crippen LogP contribution is 2.38. The van der Waals surface area contributed by atoms with Gasteiger partial charge in [-0.3, -0.25) is 4.79 Å². The van der Waals surface area contributed by atoms with Crippen LogP contribution in [-0.2, 0) is 4.79 Å². The van der Waals surface area contributed by atoms with Crippen LogP contribution in [0.2, 0.25) is 0 Å². The maximum Gasteiger partial charge on any atom is 0.223 e. The molecule has 0 aromatic heterocycles. The number of nitrogens with one attached hydrogen (secondary N) is 1. The van der Waals surface area contributed by atoms with Crippen LogP contribution in [0.1, 0.15) is 57.9 Å². The van der Waals surface area contributed by atoms with Crippen molar-refractivity contribution in [2.75, 3.05) is 13.2 Å². The molecular weight excluding hydrogens is 298 g/mol. The van der Waals surface area contributed by atoms with Gasteiger partial charge in [0.15, 0.2) is 0 Å². The molecule has 3 nitrogen and oxygen atoms in total. The van der Waals surface area contributed by atoms with Crippen molar-refractivity contribution >= 4 is 5.91 Å². The van der Waals surface area contributed by atoms with Gasteiger partial charge in [0.25, 0.3) is 0 Å². The fourth-order valence-electron chi connectivity index (χ4n) is 4.49. The van der Waals surface area contributed by atoms with Gasteiger partial charge in [-0.25, -0.2) is 0 Å². The third-order valence-electron chi connectivity index (χ3n) is 5.96. The topological polar surface area (TPSA) is 38.3 Å².